The molecular weight excluding hydrogens is 719 g/mol. The molecule has 8 aromatic rings. The molecule has 0 saturated carbocycles. The van der Waals surface area contributed by atoms with Crippen molar-refractivity contribution in [1.29, 1.82) is 0 Å². The van der Waals surface area contributed by atoms with E-state index < -0.39 is 6.85 Å². The molecule has 8 rings (SSSR count). The first-order chi connectivity index (χ1) is 22.1. The van der Waals surface area contributed by atoms with Gasteiger partial charge in [0, 0.05) is 52.9 Å². The molecule has 0 aliphatic carbocycles. The Balaban J connectivity index is 0.000000194. The molecule has 1 radical (unpaired) electrons. The topological polar surface area (TPSA) is 43.3 Å². The number of rotatable bonds is 2. The molecule has 0 aliphatic rings. The Labute approximate surface area is 275 Å². The third kappa shape index (κ3) is 5.45. The average Bonchev–Trinajstić information content (AvgIpc) is 3.63. The second-order valence-corrected chi connectivity index (χ2v) is 11.6. The van der Waals surface area contributed by atoms with Gasteiger partial charge in [-0.05, 0) is 59.0 Å². The van der Waals surface area contributed by atoms with E-state index in [-0.39, 0.29) is 31.1 Å². The van der Waals surface area contributed by atoms with Gasteiger partial charge < -0.3 is 14.4 Å². The van der Waals surface area contributed by atoms with Gasteiger partial charge in [0.15, 0.2) is 0 Å². The van der Waals surface area contributed by atoms with Crippen LogP contribution >= 0.6 is 0 Å². The first kappa shape index (κ1) is 25.9. The van der Waals surface area contributed by atoms with Crippen molar-refractivity contribution in [3.8, 4) is 22.5 Å². The van der Waals surface area contributed by atoms with Crippen LogP contribution in [0, 0.1) is 19.0 Å². The largest absolute Gasteiger partial charge is 0.487 e. The maximum Gasteiger partial charge on any atom is 0.201 e. The predicted molar refractivity (Wildman–Crippen MR) is 176 cm³/mol. The van der Waals surface area contributed by atoms with Crippen molar-refractivity contribution in [2.45, 2.75) is 33.0 Å². The summed E-state index contributed by atoms with van der Waals surface area (Å²) in [6, 6.07) is 40.3. The normalized spacial score (nSPS) is 12.8. The van der Waals surface area contributed by atoms with E-state index in [1.54, 1.807) is 18.2 Å². The predicted octanol–water partition coefficient (Wildman–Crippen LogP) is 10.0. The quantitative estimate of drug-likeness (QED) is 0.165. The van der Waals surface area contributed by atoms with E-state index in [1.807, 2.05) is 30.5 Å². The number of furan rings is 1. The standard InChI is InChI=1S/C27H21N2O.C12H10N.Ir/c1-27(2,3)18-11-14-23(28-16-18)22-9-6-8-20-21-13-12-19-15-17-7-4-5-10-24(17)29(19)26(21)30-25(20)22;1-10-7-8-12(13-9-10)11-5-3-2-4-6-11;/h4-8,10-16H,1-3H3;2-5,7-9H,1H3;/q2*-1;/i;1D3;. The molecule has 44 heavy (non-hydrogen) atoms. The monoisotopic (exact) mass is 753 g/mol. The molecule has 0 amide bonds. The van der Waals surface area contributed by atoms with Crippen LogP contribution in [0.2, 0.25) is 0 Å². The third-order valence-electron chi connectivity index (χ3n) is 7.67. The van der Waals surface area contributed by atoms with Crippen LogP contribution in [0.25, 0.3) is 61.0 Å². The Bertz CT molecular complexity index is 2320. The first-order valence-corrected chi connectivity index (χ1v) is 14.2. The zero-order valence-electron chi connectivity index (χ0n) is 27.6. The molecule has 0 spiro atoms. The summed E-state index contributed by atoms with van der Waals surface area (Å²) in [5.74, 6) is 0. The number of pyridine rings is 3. The maximum absolute atomic E-state index is 7.23. The van der Waals surface area contributed by atoms with E-state index in [9.17, 15) is 0 Å². The Morgan fingerprint density at radius 1 is 0.773 bits per heavy atom. The van der Waals surface area contributed by atoms with Crippen LogP contribution in [0.4, 0.5) is 0 Å². The minimum Gasteiger partial charge on any atom is -0.487 e. The van der Waals surface area contributed by atoms with Crippen LogP contribution in [-0.4, -0.2) is 14.4 Å². The van der Waals surface area contributed by atoms with Crippen molar-refractivity contribution in [1.82, 2.24) is 14.4 Å². The number of hydrogen-bond donors (Lipinski definition) is 0. The summed E-state index contributed by atoms with van der Waals surface area (Å²) in [6.07, 6.45) is 3.35. The van der Waals surface area contributed by atoms with Crippen molar-refractivity contribution in [3.05, 3.63) is 139 Å². The molecular formula is C39H31IrN3O-2. The van der Waals surface area contributed by atoms with Crippen LogP contribution in [0.5, 0.6) is 0 Å². The number of fused-ring (bicyclic) bond motifs is 7. The summed E-state index contributed by atoms with van der Waals surface area (Å²) in [7, 11) is 0. The second-order valence-electron chi connectivity index (χ2n) is 11.6. The number of aryl methyl sites for hydroxylation is 1. The Kier molecular flexibility index (Phi) is 6.97. The van der Waals surface area contributed by atoms with Gasteiger partial charge >= 0.3 is 0 Å². The van der Waals surface area contributed by atoms with E-state index >= 15 is 0 Å². The van der Waals surface area contributed by atoms with Crippen LogP contribution in [0.3, 0.4) is 0 Å². The number of nitrogens with zero attached hydrogens (tertiary/aromatic N) is 3. The number of benzene rings is 3. The molecule has 0 unspecified atom stereocenters. The van der Waals surface area contributed by atoms with Gasteiger partial charge in [-0.1, -0.05) is 74.2 Å². The van der Waals surface area contributed by atoms with Crippen molar-refractivity contribution in [3.63, 3.8) is 0 Å². The zero-order valence-corrected chi connectivity index (χ0v) is 26.9. The minimum absolute atomic E-state index is 0. The maximum atomic E-state index is 7.23. The molecule has 4 nitrogen and oxygen atoms in total. The number of hydrogen-bond acceptors (Lipinski definition) is 3. The summed E-state index contributed by atoms with van der Waals surface area (Å²) in [6.45, 7) is 4.50. The SMILES string of the molecule is CC(C)(C)c1ccc(-c2[c-]ccc3c2oc2c3ccc3cc4ccccc4n32)nc1.[2H]C([2H])([2H])c1ccc(-c2[c-]cccc2)nc1.[Ir]. The van der Waals surface area contributed by atoms with Gasteiger partial charge in [0.25, 0.3) is 0 Å². The van der Waals surface area contributed by atoms with Crippen LogP contribution in [0.1, 0.15) is 36.0 Å². The van der Waals surface area contributed by atoms with Gasteiger partial charge in [-0.15, -0.1) is 54.1 Å². The van der Waals surface area contributed by atoms with Crippen LogP contribution in [-0.2, 0) is 25.5 Å². The molecule has 0 saturated heterocycles. The minimum atomic E-state index is -2.09. The van der Waals surface area contributed by atoms with Crippen molar-refractivity contribution in [2.75, 3.05) is 0 Å². The second kappa shape index (κ2) is 11.8. The van der Waals surface area contributed by atoms with Crippen molar-refractivity contribution in [2.24, 2.45) is 0 Å². The van der Waals surface area contributed by atoms with E-state index in [0.717, 1.165) is 55.6 Å². The summed E-state index contributed by atoms with van der Waals surface area (Å²) in [5, 5.41) is 3.39. The molecule has 0 bridgehead atoms. The van der Waals surface area contributed by atoms with Crippen molar-refractivity contribution < 1.29 is 28.6 Å². The summed E-state index contributed by atoms with van der Waals surface area (Å²) >= 11 is 0. The van der Waals surface area contributed by atoms with E-state index in [1.165, 1.54) is 17.1 Å². The van der Waals surface area contributed by atoms with Crippen LogP contribution in [0.15, 0.2) is 120 Å². The number of aromatic nitrogens is 3. The molecule has 0 aliphatic heterocycles. The summed E-state index contributed by atoms with van der Waals surface area (Å²) < 4.78 is 30.4. The Hall–Kier alpha value is -4.57. The van der Waals surface area contributed by atoms with Gasteiger partial charge in [0.1, 0.15) is 0 Å². The fourth-order valence-electron chi connectivity index (χ4n) is 5.37. The number of para-hydroxylation sites is 1. The molecule has 5 heterocycles. The molecule has 5 aromatic heterocycles. The van der Waals surface area contributed by atoms with Gasteiger partial charge in [-0.3, -0.25) is 4.40 Å². The molecule has 3 aromatic carbocycles. The van der Waals surface area contributed by atoms with Gasteiger partial charge in [0.05, 0.1) is 11.1 Å². The molecule has 0 atom stereocenters. The summed E-state index contributed by atoms with van der Waals surface area (Å²) in [4.78, 5) is 8.86. The molecule has 0 fully saturated rings. The zero-order chi connectivity index (χ0) is 32.1. The Morgan fingerprint density at radius 3 is 2.32 bits per heavy atom. The fraction of sp³-hybridized carbons (Fsp3) is 0.128. The van der Waals surface area contributed by atoms with Crippen LogP contribution < -0.4 is 0 Å². The van der Waals surface area contributed by atoms with E-state index in [2.05, 4.69) is 103 Å². The smallest absolute Gasteiger partial charge is 0.201 e. The molecule has 5 heteroatoms. The van der Waals surface area contributed by atoms with Crippen molar-refractivity contribution >= 4 is 38.5 Å². The van der Waals surface area contributed by atoms with Gasteiger partial charge in [0.2, 0.25) is 5.71 Å². The molecule has 0 N–H and O–H groups in total. The molecule has 219 valence electrons. The van der Waals surface area contributed by atoms with E-state index in [4.69, 9.17) is 13.5 Å². The van der Waals surface area contributed by atoms with E-state index in [0.29, 0.717) is 0 Å². The van der Waals surface area contributed by atoms with Gasteiger partial charge in [-0.25, -0.2) is 0 Å². The average molecular weight is 753 g/mol. The summed E-state index contributed by atoms with van der Waals surface area (Å²) in [5.41, 5.74) is 8.86. The van der Waals surface area contributed by atoms with Gasteiger partial charge in [-0.2, -0.15) is 0 Å². The Morgan fingerprint density at radius 2 is 1.59 bits per heavy atom. The fourth-order valence-corrected chi connectivity index (χ4v) is 5.37. The first-order valence-electron chi connectivity index (χ1n) is 15.7. The third-order valence-corrected chi connectivity index (χ3v) is 7.67.